The first kappa shape index (κ1) is 16.8. The van der Waals surface area contributed by atoms with Crippen molar-refractivity contribution in [2.24, 2.45) is 0 Å². The second-order valence-corrected chi connectivity index (χ2v) is 5.29. The van der Waals surface area contributed by atoms with Gasteiger partial charge in [0, 0.05) is 23.4 Å². The average Bonchev–Trinajstić information content (AvgIpc) is 2.53. The number of anilines is 1. The Balaban J connectivity index is 2.11. The molecule has 0 saturated carbocycles. The lowest BCUT2D eigenvalue weighted by molar-refractivity contribution is -0.384. The predicted octanol–water partition coefficient (Wildman–Crippen LogP) is 3.86. The van der Waals surface area contributed by atoms with Crippen molar-refractivity contribution in [3.05, 3.63) is 62.7 Å². The third-order valence-corrected chi connectivity index (χ3v) is 3.64. The molecule has 0 amide bonds. The Morgan fingerprint density at radius 2 is 2.04 bits per heavy atom. The van der Waals surface area contributed by atoms with Crippen molar-refractivity contribution in [3.63, 3.8) is 0 Å². The number of nitrogens with one attached hydrogen (secondary N) is 1. The second-order valence-electron chi connectivity index (χ2n) is 4.88. The minimum atomic E-state index is -0.477. The smallest absolute Gasteiger partial charge is 0.271 e. The fraction of sp³-hybridized carbons (Fsp3) is 0.188. The van der Waals surface area contributed by atoms with E-state index < -0.39 is 4.92 Å². The number of non-ortho nitro benzene ring substituents is 1. The van der Waals surface area contributed by atoms with Crippen molar-refractivity contribution in [1.29, 1.82) is 0 Å². The highest BCUT2D eigenvalue weighted by molar-refractivity contribution is 6.32. The van der Waals surface area contributed by atoms with Crippen LogP contribution in [0.4, 0.5) is 11.4 Å². The summed E-state index contributed by atoms with van der Waals surface area (Å²) < 4.78 is 5.04. The summed E-state index contributed by atoms with van der Waals surface area (Å²) in [5.74, 6) is 0.311. The van der Waals surface area contributed by atoms with Gasteiger partial charge in [-0.1, -0.05) is 17.7 Å². The number of ketones is 1. The fourth-order valence-corrected chi connectivity index (χ4v) is 2.29. The van der Waals surface area contributed by atoms with Gasteiger partial charge in [-0.3, -0.25) is 14.9 Å². The van der Waals surface area contributed by atoms with Gasteiger partial charge in [0.25, 0.3) is 5.69 Å². The molecule has 2 rings (SSSR count). The minimum Gasteiger partial charge on any atom is -0.495 e. The lowest BCUT2D eigenvalue weighted by Gasteiger charge is -2.10. The molecule has 0 atom stereocenters. The molecule has 2 aromatic carbocycles. The van der Waals surface area contributed by atoms with Gasteiger partial charge < -0.3 is 10.1 Å². The van der Waals surface area contributed by atoms with Gasteiger partial charge in [-0.25, -0.2) is 0 Å². The van der Waals surface area contributed by atoms with E-state index in [9.17, 15) is 14.9 Å². The number of methoxy groups -OCH3 is 1. The zero-order valence-corrected chi connectivity index (χ0v) is 13.4. The van der Waals surface area contributed by atoms with E-state index in [1.165, 1.54) is 25.3 Å². The first-order valence-corrected chi connectivity index (χ1v) is 7.16. The molecule has 23 heavy (non-hydrogen) atoms. The normalized spacial score (nSPS) is 10.2. The third-order valence-electron chi connectivity index (χ3n) is 3.35. The highest BCUT2D eigenvalue weighted by Gasteiger charge is 2.12. The Bertz CT molecular complexity index is 762. The van der Waals surface area contributed by atoms with E-state index >= 15 is 0 Å². The predicted molar refractivity (Wildman–Crippen MR) is 88.7 cm³/mol. The lowest BCUT2D eigenvalue weighted by atomic mass is 10.1. The molecule has 1 N–H and O–H groups in total. The topological polar surface area (TPSA) is 81.5 Å². The van der Waals surface area contributed by atoms with E-state index in [1.54, 1.807) is 25.1 Å². The van der Waals surface area contributed by atoms with Gasteiger partial charge in [0.15, 0.2) is 5.78 Å². The minimum absolute atomic E-state index is 0.00463. The molecule has 0 bridgehead atoms. The van der Waals surface area contributed by atoms with E-state index in [-0.39, 0.29) is 18.0 Å². The van der Waals surface area contributed by atoms with Crippen LogP contribution in [-0.4, -0.2) is 24.4 Å². The lowest BCUT2D eigenvalue weighted by Crippen LogP contribution is -2.14. The highest BCUT2D eigenvalue weighted by Crippen LogP contribution is 2.25. The third kappa shape index (κ3) is 3.98. The van der Waals surface area contributed by atoms with E-state index in [2.05, 4.69) is 5.32 Å². The number of rotatable bonds is 6. The summed E-state index contributed by atoms with van der Waals surface area (Å²) in [6.07, 6.45) is 0. The maximum atomic E-state index is 12.2. The number of hydrogen-bond donors (Lipinski definition) is 1. The number of Topliss-reactive ketones (excluding diaryl/α,β-unsaturated/α-hetero) is 1. The molecule has 0 aliphatic rings. The van der Waals surface area contributed by atoms with Crippen LogP contribution in [0, 0.1) is 17.0 Å². The maximum absolute atomic E-state index is 12.2. The molecule has 7 heteroatoms. The molecule has 2 aromatic rings. The number of benzene rings is 2. The van der Waals surface area contributed by atoms with E-state index in [4.69, 9.17) is 16.3 Å². The van der Waals surface area contributed by atoms with Gasteiger partial charge in [0.2, 0.25) is 0 Å². The molecule has 0 radical (unpaired) electrons. The van der Waals surface area contributed by atoms with Crippen LogP contribution in [0.25, 0.3) is 0 Å². The first-order valence-electron chi connectivity index (χ1n) is 6.78. The quantitative estimate of drug-likeness (QED) is 0.493. The summed E-state index contributed by atoms with van der Waals surface area (Å²) >= 11 is 6.00. The number of aryl methyl sites for hydroxylation is 1. The van der Waals surface area contributed by atoms with Crippen molar-refractivity contribution >= 4 is 28.8 Å². The molecule has 0 aliphatic carbocycles. The molecule has 0 heterocycles. The summed E-state index contributed by atoms with van der Waals surface area (Å²) in [6.45, 7) is 1.81. The van der Waals surface area contributed by atoms with E-state index in [0.29, 0.717) is 22.0 Å². The Kier molecular flexibility index (Phi) is 5.18. The van der Waals surface area contributed by atoms with Crippen LogP contribution < -0.4 is 10.1 Å². The second kappa shape index (κ2) is 7.11. The number of carbonyl (C=O) groups is 1. The zero-order valence-electron chi connectivity index (χ0n) is 12.6. The van der Waals surface area contributed by atoms with Gasteiger partial charge in [0.05, 0.1) is 23.6 Å². The number of halogens is 1. The average molecular weight is 335 g/mol. The SMILES string of the molecule is COc1ccc(C(=O)CNc2cc([N+](=O)[O-])ccc2C)cc1Cl. The molecule has 6 nitrogen and oxygen atoms in total. The number of nitrogens with zero attached hydrogens (tertiary/aromatic N) is 1. The standard InChI is InChI=1S/C16H15ClN2O4/c1-10-3-5-12(19(21)22)8-14(10)18-9-15(20)11-4-6-16(23-2)13(17)7-11/h3-8,18H,9H2,1-2H3. The van der Waals surface area contributed by atoms with Gasteiger partial charge in [-0.05, 0) is 30.7 Å². The Hall–Kier alpha value is -2.60. The number of carbonyl (C=O) groups excluding carboxylic acids is 1. The molecule has 0 spiro atoms. The number of ether oxygens (including phenoxy) is 1. The number of nitro benzene ring substituents is 1. The van der Waals surface area contributed by atoms with Gasteiger partial charge >= 0.3 is 0 Å². The van der Waals surface area contributed by atoms with Crippen LogP contribution in [0.15, 0.2) is 36.4 Å². The van der Waals surface area contributed by atoms with Gasteiger partial charge in [0.1, 0.15) is 5.75 Å². The van der Waals surface area contributed by atoms with Crippen LogP contribution in [0.2, 0.25) is 5.02 Å². The largest absolute Gasteiger partial charge is 0.495 e. The molecule has 120 valence electrons. The van der Waals surface area contributed by atoms with Crippen molar-refractivity contribution in [2.75, 3.05) is 19.0 Å². The number of nitro groups is 1. The van der Waals surface area contributed by atoms with Crippen molar-refractivity contribution in [1.82, 2.24) is 0 Å². The van der Waals surface area contributed by atoms with Crippen molar-refractivity contribution < 1.29 is 14.5 Å². The summed E-state index contributed by atoms with van der Waals surface area (Å²) in [6, 6.07) is 9.23. The molecule has 0 saturated heterocycles. The maximum Gasteiger partial charge on any atom is 0.271 e. The Labute approximate surface area is 138 Å². The van der Waals surface area contributed by atoms with Crippen LogP contribution >= 0.6 is 11.6 Å². The molecule has 0 unspecified atom stereocenters. The fourth-order valence-electron chi connectivity index (χ4n) is 2.03. The summed E-state index contributed by atoms with van der Waals surface area (Å²) in [4.78, 5) is 22.5. The number of hydrogen-bond acceptors (Lipinski definition) is 5. The summed E-state index contributed by atoms with van der Waals surface area (Å²) in [5.41, 5.74) is 1.77. The van der Waals surface area contributed by atoms with Crippen LogP contribution in [-0.2, 0) is 0 Å². The first-order chi connectivity index (χ1) is 10.9. The van der Waals surface area contributed by atoms with E-state index in [1.807, 2.05) is 0 Å². The molecule has 0 aliphatic heterocycles. The Morgan fingerprint density at radius 1 is 1.30 bits per heavy atom. The van der Waals surface area contributed by atoms with Crippen molar-refractivity contribution in [3.8, 4) is 5.75 Å². The van der Waals surface area contributed by atoms with Crippen LogP contribution in [0.3, 0.4) is 0 Å². The molecule has 0 aromatic heterocycles. The van der Waals surface area contributed by atoms with Crippen LogP contribution in [0.1, 0.15) is 15.9 Å². The zero-order chi connectivity index (χ0) is 17.0. The monoisotopic (exact) mass is 334 g/mol. The summed E-state index contributed by atoms with van der Waals surface area (Å²) in [5, 5.41) is 14.1. The van der Waals surface area contributed by atoms with Gasteiger partial charge in [-0.15, -0.1) is 0 Å². The Morgan fingerprint density at radius 3 is 2.65 bits per heavy atom. The molecular weight excluding hydrogens is 320 g/mol. The van der Waals surface area contributed by atoms with Gasteiger partial charge in [-0.2, -0.15) is 0 Å². The van der Waals surface area contributed by atoms with E-state index in [0.717, 1.165) is 5.56 Å². The van der Waals surface area contributed by atoms with Crippen LogP contribution in [0.5, 0.6) is 5.75 Å². The molecular formula is C16H15ClN2O4. The highest BCUT2D eigenvalue weighted by atomic mass is 35.5. The van der Waals surface area contributed by atoms with Crippen molar-refractivity contribution in [2.45, 2.75) is 6.92 Å². The molecule has 0 fully saturated rings. The summed E-state index contributed by atoms with van der Waals surface area (Å²) in [7, 11) is 1.50.